The van der Waals surface area contributed by atoms with Gasteiger partial charge in [-0.1, -0.05) is 11.8 Å². The first-order chi connectivity index (χ1) is 17.4. The zero-order chi connectivity index (χ0) is 25.7. The van der Waals surface area contributed by atoms with Gasteiger partial charge < -0.3 is 24.6 Å². The lowest BCUT2D eigenvalue weighted by Crippen LogP contribution is -2.26. The molecule has 10 heteroatoms. The molecule has 4 rings (SSSR count). The Morgan fingerprint density at radius 1 is 1.11 bits per heavy atom. The number of ether oxygens (including phenoxy) is 2. The number of benzene rings is 2. The molecule has 1 atom stereocenters. The molecule has 1 N–H and O–H groups in total. The molecule has 0 aliphatic carbocycles. The van der Waals surface area contributed by atoms with Crippen molar-refractivity contribution in [3.8, 4) is 11.5 Å². The molecule has 0 unspecified atom stereocenters. The average Bonchev–Trinajstić information content (AvgIpc) is 3.54. The normalized spacial score (nSPS) is 17.1. The van der Waals surface area contributed by atoms with Gasteiger partial charge in [0.15, 0.2) is 5.17 Å². The molecule has 2 aliphatic heterocycles. The molecule has 36 heavy (non-hydrogen) atoms. The van der Waals surface area contributed by atoms with Crippen LogP contribution < -0.4 is 14.8 Å². The Morgan fingerprint density at radius 2 is 1.83 bits per heavy atom. The van der Waals surface area contributed by atoms with Crippen molar-refractivity contribution in [1.29, 1.82) is 0 Å². The number of aliphatic imine (C=N–C) groups is 1. The average molecular weight is 511 g/mol. The van der Waals surface area contributed by atoms with Gasteiger partial charge in [0, 0.05) is 56.0 Å². The number of methoxy groups -OCH3 is 2. The van der Waals surface area contributed by atoms with Crippen LogP contribution in [-0.2, 0) is 16.1 Å². The predicted octanol–water partition coefficient (Wildman–Crippen LogP) is 3.40. The van der Waals surface area contributed by atoms with Crippen molar-refractivity contribution in [3.05, 3.63) is 53.6 Å². The Balaban J connectivity index is 1.30. The summed E-state index contributed by atoms with van der Waals surface area (Å²) in [6.07, 6.45) is 2.25. The molecule has 2 aromatic rings. The fourth-order valence-electron chi connectivity index (χ4n) is 4.16. The summed E-state index contributed by atoms with van der Waals surface area (Å²) in [5.74, 6) is 0.642. The van der Waals surface area contributed by atoms with Crippen molar-refractivity contribution < 1.29 is 23.9 Å². The summed E-state index contributed by atoms with van der Waals surface area (Å²) in [5, 5.41) is 3.05. The molecule has 2 heterocycles. The van der Waals surface area contributed by atoms with Gasteiger partial charge in [0.2, 0.25) is 5.91 Å². The number of hydrogen-bond acceptors (Lipinski definition) is 7. The molecular weight excluding hydrogens is 480 g/mol. The van der Waals surface area contributed by atoms with Gasteiger partial charge in [-0.05, 0) is 49.2 Å². The van der Waals surface area contributed by atoms with Crippen LogP contribution in [0.15, 0.2) is 47.5 Å². The van der Waals surface area contributed by atoms with E-state index < -0.39 is 5.25 Å². The standard InChI is InChI=1S/C26H30N4O5S/c1-29(16-18-8-11-20(34-2)14-21(18)35-3)25(33)17-6-9-19(10-7-17)27-23(31)15-22-24(32)28-26(36-22)30-12-4-5-13-30/h6-11,14,22H,4-5,12-13,15-16H2,1-3H3,(H,27,31)/t22-/m1/s1. The van der Waals surface area contributed by atoms with Crippen LogP contribution in [0.5, 0.6) is 11.5 Å². The largest absolute Gasteiger partial charge is 0.497 e. The van der Waals surface area contributed by atoms with Gasteiger partial charge >= 0.3 is 0 Å². The molecule has 3 amide bonds. The van der Waals surface area contributed by atoms with Crippen LogP contribution in [0.2, 0.25) is 0 Å². The van der Waals surface area contributed by atoms with Gasteiger partial charge in [0.05, 0.1) is 14.2 Å². The van der Waals surface area contributed by atoms with Gasteiger partial charge in [0.25, 0.3) is 11.8 Å². The smallest absolute Gasteiger partial charge is 0.262 e. The summed E-state index contributed by atoms with van der Waals surface area (Å²) in [6.45, 7) is 2.18. The fourth-order valence-corrected chi connectivity index (χ4v) is 5.28. The lowest BCUT2D eigenvalue weighted by Gasteiger charge is -2.19. The Morgan fingerprint density at radius 3 is 2.50 bits per heavy atom. The minimum Gasteiger partial charge on any atom is -0.497 e. The quantitative estimate of drug-likeness (QED) is 0.581. The summed E-state index contributed by atoms with van der Waals surface area (Å²) >= 11 is 1.37. The van der Waals surface area contributed by atoms with Crippen LogP contribution in [0, 0.1) is 0 Å². The molecule has 1 saturated heterocycles. The Hall–Kier alpha value is -3.53. The van der Waals surface area contributed by atoms with Crippen LogP contribution in [0.25, 0.3) is 0 Å². The summed E-state index contributed by atoms with van der Waals surface area (Å²) in [5.41, 5.74) is 1.91. The second-order valence-corrected chi connectivity index (χ2v) is 9.87. The number of hydrogen-bond donors (Lipinski definition) is 1. The molecule has 0 aromatic heterocycles. The minimum absolute atomic E-state index is 0.0530. The maximum absolute atomic E-state index is 12.9. The van der Waals surface area contributed by atoms with E-state index in [-0.39, 0.29) is 24.1 Å². The molecule has 0 bridgehead atoms. The van der Waals surface area contributed by atoms with E-state index in [1.54, 1.807) is 56.5 Å². The van der Waals surface area contributed by atoms with E-state index in [1.807, 2.05) is 12.1 Å². The topological polar surface area (TPSA) is 101 Å². The van der Waals surface area contributed by atoms with Gasteiger partial charge in [-0.25, -0.2) is 0 Å². The number of nitrogens with zero attached hydrogens (tertiary/aromatic N) is 3. The van der Waals surface area contributed by atoms with E-state index in [2.05, 4.69) is 15.2 Å². The van der Waals surface area contributed by atoms with E-state index in [4.69, 9.17) is 9.47 Å². The summed E-state index contributed by atoms with van der Waals surface area (Å²) < 4.78 is 10.6. The lowest BCUT2D eigenvalue weighted by atomic mass is 10.1. The third-order valence-electron chi connectivity index (χ3n) is 6.14. The number of likely N-dealkylation sites (tertiary alicyclic amines) is 1. The summed E-state index contributed by atoms with van der Waals surface area (Å²) in [7, 11) is 4.88. The maximum atomic E-state index is 12.9. The van der Waals surface area contributed by atoms with E-state index in [0.29, 0.717) is 29.3 Å². The highest BCUT2D eigenvalue weighted by molar-refractivity contribution is 8.15. The van der Waals surface area contributed by atoms with E-state index >= 15 is 0 Å². The first-order valence-corrected chi connectivity index (χ1v) is 12.7. The number of carbonyl (C=O) groups is 3. The van der Waals surface area contributed by atoms with E-state index in [0.717, 1.165) is 36.7 Å². The highest BCUT2D eigenvalue weighted by Gasteiger charge is 2.33. The van der Waals surface area contributed by atoms with Crippen LogP contribution in [0.1, 0.15) is 35.2 Å². The first-order valence-electron chi connectivity index (χ1n) is 11.8. The van der Waals surface area contributed by atoms with Crippen molar-refractivity contribution >= 4 is 40.3 Å². The Labute approximate surface area is 214 Å². The van der Waals surface area contributed by atoms with Crippen molar-refractivity contribution in [2.45, 2.75) is 31.1 Å². The highest BCUT2D eigenvalue weighted by Crippen LogP contribution is 2.29. The fraction of sp³-hybridized carbons (Fsp3) is 0.385. The zero-order valence-corrected chi connectivity index (χ0v) is 21.5. The third kappa shape index (κ3) is 5.99. The molecular formula is C26H30N4O5S. The summed E-state index contributed by atoms with van der Waals surface area (Å²) in [6, 6.07) is 12.2. The number of rotatable bonds is 8. The number of carbonyl (C=O) groups excluding carboxylic acids is 3. The Bertz CT molecular complexity index is 1160. The molecule has 0 radical (unpaired) electrons. The predicted molar refractivity (Wildman–Crippen MR) is 140 cm³/mol. The first kappa shape index (κ1) is 25.6. The van der Waals surface area contributed by atoms with Gasteiger partial charge in [0.1, 0.15) is 16.7 Å². The molecule has 1 fully saturated rings. The van der Waals surface area contributed by atoms with Crippen molar-refractivity contribution in [1.82, 2.24) is 9.80 Å². The molecule has 0 saturated carbocycles. The van der Waals surface area contributed by atoms with E-state index in [1.165, 1.54) is 11.8 Å². The number of amidine groups is 1. The van der Waals surface area contributed by atoms with Crippen LogP contribution in [0.3, 0.4) is 0 Å². The maximum Gasteiger partial charge on any atom is 0.262 e. The van der Waals surface area contributed by atoms with Crippen LogP contribution in [0.4, 0.5) is 5.69 Å². The van der Waals surface area contributed by atoms with E-state index in [9.17, 15) is 14.4 Å². The Kier molecular flexibility index (Phi) is 8.14. The lowest BCUT2D eigenvalue weighted by molar-refractivity contribution is -0.121. The number of thioether (sulfide) groups is 1. The number of amides is 3. The monoisotopic (exact) mass is 510 g/mol. The second-order valence-electron chi connectivity index (χ2n) is 8.70. The van der Waals surface area contributed by atoms with Gasteiger partial charge in [-0.3, -0.25) is 14.4 Å². The molecule has 9 nitrogen and oxygen atoms in total. The van der Waals surface area contributed by atoms with Crippen LogP contribution in [-0.4, -0.2) is 72.3 Å². The number of anilines is 1. The SMILES string of the molecule is COc1ccc(CN(C)C(=O)c2ccc(NC(=O)C[C@H]3SC(N4CCCC4)=NC3=O)cc2)c(OC)c1. The molecule has 0 spiro atoms. The molecule has 190 valence electrons. The van der Waals surface area contributed by atoms with Crippen molar-refractivity contribution in [3.63, 3.8) is 0 Å². The summed E-state index contributed by atoms with van der Waals surface area (Å²) in [4.78, 5) is 45.6. The molecule has 2 aromatic carbocycles. The number of nitrogens with one attached hydrogen (secondary N) is 1. The second kappa shape index (κ2) is 11.5. The third-order valence-corrected chi connectivity index (χ3v) is 7.35. The zero-order valence-electron chi connectivity index (χ0n) is 20.7. The highest BCUT2D eigenvalue weighted by atomic mass is 32.2. The molecule has 2 aliphatic rings. The van der Waals surface area contributed by atoms with Crippen molar-refractivity contribution in [2.24, 2.45) is 4.99 Å². The van der Waals surface area contributed by atoms with Gasteiger partial charge in [-0.2, -0.15) is 4.99 Å². The van der Waals surface area contributed by atoms with Gasteiger partial charge in [-0.15, -0.1) is 0 Å². The van der Waals surface area contributed by atoms with Crippen molar-refractivity contribution in [2.75, 3.05) is 39.7 Å². The van der Waals surface area contributed by atoms with Crippen LogP contribution >= 0.6 is 11.8 Å². The minimum atomic E-state index is -0.495.